The predicted molar refractivity (Wildman–Crippen MR) is 44.1 cm³/mol. The molecule has 2 atom stereocenters. The van der Waals surface area contributed by atoms with E-state index >= 15 is 0 Å². The van der Waals surface area contributed by atoms with Gasteiger partial charge in [-0.15, -0.1) is 0 Å². The summed E-state index contributed by atoms with van der Waals surface area (Å²) in [6, 6.07) is 0. The van der Waals surface area contributed by atoms with Gasteiger partial charge in [0.25, 0.3) is 0 Å². The molecule has 1 heterocycles. The molecule has 1 aliphatic rings. The van der Waals surface area contributed by atoms with Gasteiger partial charge in [-0.2, -0.15) is 0 Å². The average molecular weight is 157 g/mol. The summed E-state index contributed by atoms with van der Waals surface area (Å²) in [7, 11) is 1.71. The lowest BCUT2D eigenvalue weighted by Gasteiger charge is -2.28. The van der Waals surface area contributed by atoms with Crippen molar-refractivity contribution in [2.75, 3.05) is 7.11 Å². The zero-order valence-electron chi connectivity index (χ0n) is 7.21. The highest BCUT2D eigenvalue weighted by atomic mass is 16.7. The highest BCUT2D eigenvalue weighted by Gasteiger charge is 2.20. The van der Waals surface area contributed by atoms with E-state index in [1.165, 1.54) is 12.8 Å². The fourth-order valence-corrected chi connectivity index (χ4v) is 1.48. The van der Waals surface area contributed by atoms with Crippen molar-refractivity contribution in [2.24, 2.45) is 0 Å². The first-order valence-electron chi connectivity index (χ1n) is 4.34. The molecule has 0 spiro atoms. The molecule has 0 N–H and O–H groups in total. The van der Waals surface area contributed by atoms with E-state index < -0.39 is 0 Å². The van der Waals surface area contributed by atoms with E-state index in [0.717, 1.165) is 19.3 Å². The molecule has 1 rings (SSSR count). The van der Waals surface area contributed by atoms with Crippen LogP contribution in [0.4, 0.5) is 0 Å². The second kappa shape index (κ2) is 4.73. The van der Waals surface area contributed by atoms with Crippen LogP contribution in [0, 0.1) is 6.92 Å². The van der Waals surface area contributed by atoms with E-state index in [2.05, 4.69) is 6.92 Å². The van der Waals surface area contributed by atoms with Gasteiger partial charge in [0, 0.05) is 7.11 Å². The maximum absolute atomic E-state index is 5.61. The van der Waals surface area contributed by atoms with Crippen molar-refractivity contribution in [3.8, 4) is 0 Å². The molecule has 0 bridgehead atoms. The summed E-state index contributed by atoms with van der Waals surface area (Å²) in [5, 5.41) is 0. The predicted octanol–water partition coefficient (Wildman–Crippen LogP) is 2.14. The van der Waals surface area contributed by atoms with Crippen molar-refractivity contribution in [3.05, 3.63) is 6.92 Å². The first-order chi connectivity index (χ1) is 5.36. The maximum atomic E-state index is 5.61. The fraction of sp³-hybridized carbons (Fsp3) is 0.889. The highest BCUT2D eigenvalue weighted by Crippen LogP contribution is 2.21. The summed E-state index contributed by atoms with van der Waals surface area (Å²) in [5.74, 6) is 0. The lowest BCUT2D eigenvalue weighted by molar-refractivity contribution is -0.180. The zero-order valence-corrected chi connectivity index (χ0v) is 7.21. The number of hydrogen-bond acceptors (Lipinski definition) is 2. The minimum Gasteiger partial charge on any atom is -0.356 e. The van der Waals surface area contributed by atoms with Crippen LogP contribution >= 0.6 is 0 Å². The highest BCUT2D eigenvalue weighted by molar-refractivity contribution is 4.66. The molecular formula is C9H17O2. The molecule has 0 amide bonds. The average Bonchev–Trinajstić information content (AvgIpc) is 2.06. The summed E-state index contributed by atoms with van der Waals surface area (Å²) < 4.78 is 10.7. The standard InChI is InChI=1S/C9H17O2/c1-3-5-8-6-4-7-9(10-2)11-8/h8-9H,1,3-7H2,2H3. The molecule has 1 aliphatic heterocycles. The van der Waals surface area contributed by atoms with Crippen LogP contribution in [-0.4, -0.2) is 19.5 Å². The van der Waals surface area contributed by atoms with E-state index in [9.17, 15) is 0 Å². The summed E-state index contributed by atoms with van der Waals surface area (Å²) >= 11 is 0. The zero-order chi connectivity index (χ0) is 8.10. The SMILES string of the molecule is [CH2]CCC1CCCC(OC)O1. The van der Waals surface area contributed by atoms with Gasteiger partial charge >= 0.3 is 0 Å². The molecule has 2 heteroatoms. The van der Waals surface area contributed by atoms with Gasteiger partial charge < -0.3 is 9.47 Å². The van der Waals surface area contributed by atoms with Gasteiger partial charge in [-0.3, -0.25) is 0 Å². The van der Waals surface area contributed by atoms with Crippen molar-refractivity contribution in [1.82, 2.24) is 0 Å². The van der Waals surface area contributed by atoms with E-state index in [0.29, 0.717) is 6.10 Å². The quantitative estimate of drug-likeness (QED) is 0.625. The van der Waals surface area contributed by atoms with Crippen LogP contribution in [0.1, 0.15) is 32.1 Å². The number of hydrogen-bond donors (Lipinski definition) is 0. The van der Waals surface area contributed by atoms with E-state index in [1.807, 2.05) is 0 Å². The van der Waals surface area contributed by atoms with Gasteiger partial charge in [0.15, 0.2) is 6.29 Å². The Morgan fingerprint density at radius 1 is 1.55 bits per heavy atom. The summed E-state index contributed by atoms with van der Waals surface area (Å²) in [6.45, 7) is 3.81. The monoisotopic (exact) mass is 157 g/mol. The van der Waals surface area contributed by atoms with Gasteiger partial charge in [0.1, 0.15) is 0 Å². The van der Waals surface area contributed by atoms with Crippen LogP contribution in [-0.2, 0) is 9.47 Å². The van der Waals surface area contributed by atoms with E-state index in [-0.39, 0.29) is 6.29 Å². The minimum absolute atomic E-state index is 0.0419. The first-order valence-corrected chi connectivity index (χ1v) is 4.34. The Balaban J connectivity index is 2.21. The van der Waals surface area contributed by atoms with Gasteiger partial charge in [0.05, 0.1) is 6.10 Å². The molecule has 1 saturated heterocycles. The molecule has 0 aromatic rings. The van der Waals surface area contributed by atoms with Crippen LogP contribution < -0.4 is 0 Å². The van der Waals surface area contributed by atoms with Crippen LogP contribution in [0.25, 0.3) is 0 Å². The molecule has 0 aromatic heterocycles. The minimum atomic E-state index is 0.0419. The summed E-state index contributed by atoms with van der Waals surface area (Å²) in [4.78, 5) is 0. The summed E-state index contributed by atoms with van der Waals surface area (Å²) in [5.41, 5.74) is 0. The van der Waals surface area contributed by atoms with Crippen molar-refractivity contribution in [1.29, 1.82) is 0 Å². The normalized spacial score (nSPS) is 32.2. The lowest BCUT2D eigenvalue weighted by Crippen LogP contribution is -2.28. The lowest BCUT2D eigenvalue weighted by atomic mass is 10.0. The molecule has 1 fully saturated rings. The van der Waals surface area contributed by atoms with Crippen LogP contribution in [0.15, 0.2) is 0 Å². The summed E-state index contributed by atoms with van der Waals surface area (Å²) in [6.07, 6.45) is 5.91. The van der Waals surface area contributed by atoms with Gasteiger partial charge in [-0.05, 0) is 25.7 Å². The van der Waals surface area contributed by atoms with Gasteiger partial charge in [0.2, 0.25) is 0 Å². The number of rotatable bonds is 3. The Bertz CT molecular complexity index is 102. The first kappa shape index (κ1) is 9.01. The van der Waals surface area contributed by atoms with Crippen molar-refractivity contribution in [3.63, 3.8) is 0 Å². The Morgan fingerprint density at radius 2 is 2.36 bits per heavy atom. The molecule has 0 saturated carbocycles. The second-order valence-electron chi connectivity index (χ2n) is 3.00. The molecule has 1 radical (unpaired) electrons. The molecule has 2 unspecified atom stereocenters. The molecule has 2 nitrogen and oxygen atoms in total. The molecule has 0 aliphatic carbocycles. The number of methoxy groups -OCH3 is 1. The molecule has 0 aromatic carbocycles. The third kappa shape index (κ3) is 2.80. The Morgan fingerprint density at radius 3 is 3.00 bits per heavy atom. The second-order valence-corrected chi connectivity index (χ2v) is 3.00. The van der Waals surface area contributed by atoms with Crippen LogP contribution in [0.5, 0.6) is 0 Å². The molecule has 11 heavy (non-hydrogen) atoms. The Hall–Kier alpha value is -0.0800. The number of ether oxygens (including phenoxy) is 2. The molecular weight excluding hydrogens is 140 g/mol. The molecule has 65 valence electrons. The van der Waals surface area contributed by atoms with Gasteiger partial charge in [-0.25, -0.2) is 0 Å². The smallest absolute Gasteiger partial charge is 0.157 e. The fourth-order valence-electron chi connectivity index (χ4n) is 1.48. The maximum Gasteiger partial charge on any atom is 0.157 e. The Labute approximate surface area is 68.9 Å². The third-order valence-corrected chi connectivity index (χ3v) is 2.10. The van der Waals surface area contributed by atoms with Crippen molar-refractivity contribution < 1.29 is 9.47 Å². The topological polar surface area (TPSA) is 18.5 Å². The van der Waals surface area contributed by atoms with Crippen LogP contribution in [0.3, 0.4) is 0 Å². The van der Waals surface area contributed by atoms with E-state index in [4.69, 9.17) is 9.47 Å². The Kier molecular flexibility index (Phi) is 3.87. The van der Waals surface area contributed by atoms with Gasteiger partial charge in [-0.1, -0.05) is 13.3 Å². The van der Waals surface area contributed by atoms with E-state index in [1.54, 1.807) is 7.11 Å². The van der Waals surface area contributed by atoms with Crippen LogP contribution in [0.2, 0.25) is 0 Å². The van der Waals surface area contributed by atoms with Crippen molar-refractivity contribution >= 4 is 0 Å². The largest absolute Gasteiger partial charge is 0.356 e. The van der Waals surface area contributed by atoms with Crippen molar-refractivity contribution in [2.45, 2.75) is 44.5 Å². The third-order valence-electron chi connectivity index (χ3n) is 2.10.